The monoisotopic (exact) mass is 265 g/mol. The van der Waals surface area contributed by atoms with E-state index in [0.717, 1.165) is 22.4 Å². The van der Waals surface area contributed by atoms with Gasteiger partial charge in [-0.15, -0.1) is 10.2 Å². The van der Waals surface area contributed by atoms with Crippen molar-refractivity contribution in [3.63, 3.8) is 0 Å². The summed E-state index contributed by atoms with van der Waals surface area (Å²) in [5.74, 6) is 0.632. The molecule has 100 valence electrons. The molecule has 2 N–H and O–H groups in total. The van der Waals surface area contributed by atoms with E-state index in [1.165, 1.54) is 0 Å². The lowest BCUT2D eigenvalue weighted by molar-refractivity contribution is 0.571. The van der Waals surface area contributed by atoms with E-state index < -0.39 is 0 Å². The molecule has 0 saturated heterocycles. The molecular formula is C15H15N5. The van der Waals surface area contributed by atoms with E-state index in [4.69, 9.17) is 5.73 Å². The van der Waals surface area contributed by atoms with Gasteiger partial charge >= 0.3 is 0 Å². The Kier molecular flexibility index (Phi) is 3.16. The number of rotatable bonds is 3. The zero-order valence-corrected chi connectivity index (χ0v) is 11.2. The second-order valence-corrected chi connectivity index (χ2v) is 4.64. The van der Waals surface area contributed by atoms with Crippen molar-refractivity contribution in [3.8, 4) is 11.4 Å². The lowest BCUT2D eigenvalue weighted by Crippen LogP contribution is -2.06. The molecule has 2 aromatic carbocycles. The van der Waals surface area contributed by atoms with Gasteiger partial charge in [0.15, 0.2) is 0 Å². The molecular weight excluding hydrogens is 250 g/mol. The van der Waals surface area contributed by atoms with Gasteiger partial charge in [0.25, 0.3) is 0 Å². The number of tetrazole rings is 1. The predicted molar refractivity (Wildman–Crippen MR) is 77.9 cm³/mol. The van der Waals surface area contributed by atoms with Crippen LogP contribution in [0.3, 0.4) is 0 Å². The standard InChI is InChI=1S/C15H15N5/c1-11-13(8-5-9-14(11)16)10-20-18-15(17-19-20)12-6-3-2-4-7-12/h2-9H,10,16H2,1H3. The summed E-state index contributed by atoms with van der Waals surface area (Å²) in [6.07, 6.45) is 0. The van der Waals surface area contributed by atoms with E-state index in [2.05, 4.69) is 15.4 Å². The first-order chi connectivity index (χ1) is 9.74. The van der Waals surface area contributed by atoms with Crippen molar-refractivity contribution >= 4 is 5.69 Å². The Morgan fingerprint density at radius 1 is 1.05 bits per heavy atom. The zero-order chi connectivity index (χ0) is 13.9. The summed E-state index contributed by atoms with van der Waals surface area (Å²) in [4.78, 5) is 1.59. The highest BCUT2D eigenvalue weighted by molar-refractivity contribution is 5.53. The molecule has 20 heavy (non-hydrogen) atoms. The summed E-state index contributed by atoms with van der Waals surface area (Å²) in [5, 5.41) is 12.6. The number of nitrogen functional groups attached to an aromatic ring is 1. The minimum absolute atomic E-state index is 0.566. The molecule has 5 nitrogen and oxygen atoms in total. The third-order valence-corrected chi connectivity index (χ3v) is 3.28. The van der Waals surface area contributed by atoms with Gasteiger partial charge in [0, 0.05) is 11.3 Å². The lowest BCUT2D eigenvalue weighted by Gasteiger charge is -2.06. The van der Waals surface area contributed by atoms with Crippen LogP contribution in [0.4, 0.5) is 5.69 Å². The van der Waals surface area contributed by atoms with E-state index >= 15 is 0 Å². The Bertz CT molecular complexity index is 718. The van der Waals surface area contributed by atoms with Gasteiger partial charge in [-0.1, -0.05) is 42.5 Å². The van der Waals surface area contributed by atoms with E-state index in [1.807, 2.05) is 55.5 Å². The summed E-state index contributed by atoms with van der Waals surface area (Å²) < 4.78 is 0. The Hall–Kier alpha value is -2.69. The van der Waals surface area contributed by atoms with Gasteiger partial charge in [-0.05, 0) is 29.3 Å². The van der Waals surface area contributed by atoms with Crippen molar-refractivity contribution in [1.82, 2.24) is 20.2 Å². The van der Waals surface area contributed by atoms with E-state index in [-0.39, 0.29) is 0 Å². The van der Waals surface area contributed by atoms with Crippen LogP contribution < -0.4 is 5.73 Å². The molecule has 0 aliphatic heterocycles. The average molecular weight is 265 g/mol. The normalized spacial score (nSPS) is 10.7. The molecule has 0 bridgehead atoms. The van der Waals surface area contributed by atoms with Crippen LogP contribution in [0.1, 0.15) is 11.1 Å². The third-order valence-electron chi connectivity index (χ3n) is 3.28. The largest absolute Gasteiger partial charge is 0.399 e. The molecule has 1 heterocycles. The Morgan fingerprint density at radius 2 is 1.85 bits per heavy atom. The summed E-state index contributed by atoms with van der Waals surface area (Å²) in [5.41, 5.74) is 9.81. The van der Waals surface area contributed by atoms with E-state index in [0.29, 0.717) is 12.4 Å². The minimum Gasteiger partial charge on any atom is -0.399 e. The first-order valence-corrected chi connectivity index (χ1v) is 6.41. The number of benzene rings is 2. The molecule has 3 aromatic rings. The van der Waals surface area contributed by atoms with Crippen molar-refractivity contribution in [2.45, 2.75) is 13.5 Å². The van der Waals surface area contributed by atoms with Gasteiger partial charge in [-0.3, -0.25) is 0 Å². The van der Waals surface area contributed by atoms with E-state index in [9.17, 15) is 0 Å². The first kappa shape index (κ1) is 12.3. The summed E-state index contributed by atoms with van der Waals surface area (Å²) in [7, 11) is 0. The highest BCUT2D eigenvalue weighted by atomic mass is 15.6. The molecule has 0 fully saturated rings. The molecule has 5 heteroatoms. The van der Waals surface area contributed by atoms with Gasteiger partial charge in [-0.25, -0.2) is 0 Å². The van der Waals surface area contributed by atoms with Crippen molar-refractivity contribution in [3.05, 3.63) is 59.7 Å². The average Bonchev–Trinajstić information content (AvgIpc) is 2.93. The van der Waals surface area contributed by atoms with Gasteiger partial charge in [0.1, 0.15) is 0 Å². The van der Waals surface area contributed by atoms with Gasteiger partial charge < -0.3 is 5.73 Å². The first-order valence-electron chi connectivity index (χ1n) is 6.41. The van der Waals surface area contributed by atoms with Crippen LogP contribution >= 0.6 is 0 Å². The van der Waals surface area contributed by atoms with Crippen molar-refractivity contribution < 1.29 is 0 Å². The topological polar surface area (TPSA) is 69.6 Å². The maximum atomic E-state index is 5.90. The van der Waals surface area contributed by atoms with Crippen LogP contribution in [0.15, 0.2) is 48.5 Å². The van der Waals surface area contributed by atoms with Crippen LogP contribution in [0.25, 0.3) is 11.4 Å². The fourth-order valence-corrected chi connectivity index (χ4v) is 2.04. The summed E-state index contributed by atoms with van der Waals surface area (Å²) in [6.45, 7) is 2.57. The molecule has 0 unspecified atom stereocenters. The van der Waals surface area contributed by atoms with Crippen LogP contribution in [0, 0.1) is 6.92 Å². The number of anilines is 1. The molecule has 3 rings (SSSR count). The third kappa shape index (κ3) is 2.38. The van der Waals surface area contributed by atoms with Crippen LogP contribution in [0.2, 0.25) is 0 Å². The minimum atomic E-state index is 0.566. The summed E-state index contributed by atoms with van der Waals surface area (Å²) >= 11 is 0. The smallest absolute Gasteiger partial charge is 0.204 e. The highest BCUT2D eigenvalue weighted by Crippen LogP contribution is 2.17. The van der Waals surface area contributed by atoms with Crippen LogP contribution in [0.5, 0.6) is 0 Å². The quantitative estimate of drug-likeness (QED) is 0.738. The second-order valence-electron chi connectivity index (χ2n) is 4.64. The predicted octanol–water partition coefficient (Wildman–Crippen LogP) is 2.28. The highest BCUT2D eigenvalue weighted by Gasteiger charge is 2.07. The molecule has 0 atom stereocenters. The molecule has 0 amide bonds. The van der Waals surface area contributed by atoms with Crippen molar-refractivity contribution in [1.29, 1.82) is 0 Å². The maximum Gasteiger partial charge on any atom is 0.204 e. The fourth-order valence-electron chi connectivity index (χ4n) is 2.04. The molecule has 0 saturated carbocycles. The molecule has 0 aliphatic rings. The maximum absolute atomic E-state index is 5.90. The molecule has 1 aromatic heterocycles. The van der Waals surface area contributed by atoms with Crippen molar-refractivity contribution in [2.24, 2.45) is 0 Å². The Labute approximate surface area is 117 Å². The Morgan fingerprint density at radius 3 is 2.65 bits per heavy atom. The second kappa shape index (κ2) is 5.13. The number of nitrogens with two attached hydrogens (primary N) is 1. The lowest BCUT2D eigenvalue weighted by atomic mass is 10.1. The molecule has 0 aliphatic carbocycles. The number of aromatic nitrogens is 4. The van der Waals surface area contributed by atoms with E-state index in [1.54, 1.807) is 4.80 Å². The van der Waals surface area contributed by atoms with Crippen LogP contribution in [-0.2, 0) is 6.54 Å². The van der Waals surface area contributed by atoms with Crippen molar-refractivity contribution in [2.75, 3.05) is 5.73 Å². The van der Waals surface area contributed by atoms with Gasteiger partial charge in [0.2, 0.25) is 5.82 Å². The van der Waals surface area contributed by atoms with Gasteiger partial charge in [0.05, 0.1) is 6.54 Å². The number of hydrogen-bond acceptors (Lipinski definition) is 4. The fraction of sp³-hybridized carbons (Fsp3) is 0.133. The van der Waals surface area contributed by atoms with Gasteiger partial charge in [-0.2, -0.15) is 4.80 Å². The summed E-state index contributed by atoms with van der Waals surface area (Å²) in [6, 6.07) is 15.7. The number of nitrogens with zero attached hydrogens (tertiary/aromatic N) is 4. The number of hydrogen-bond donors (Lipinski definition) is 1. The zero-order valence-electron chi connectivity index (χ0n) is 11.2. The van der Waals surface area contributed by atoms with Crippen LogP contribution in [-0.4, -0.2) is 20.2 Å². The molecule has 0 radical (unpaired) electrons. The Balaban J connectivity index is 1.86. The SMILES string of the molecule is Cc1c(N)cccc1Cn1nnc(-c2ccccc2)n1. The molecule has 0 spiro atoms.